The normalized spacial score (nSPS) is 11.9. The maximum atomic E-state index is 13.0. The van der Waals surface area contributed by atoms with Crippen LogP contribution >= 0.6 is 0 Å². The van der Waals surface area contributed by atoms with Gasteiger partial charge in [-0.2, -0.15) is 0 Å². The molecule has 3 heteroatoms. The molecule has 4 aromatic rings. The number of nitrogens with zero attached hydrogens (tertiary/aromatic N) is 2. The van der Waals surface area contributed by atoms with Crippen molar-refractivity contribution in [2.24, 2.45) is 0 Å². The third kappa shape index (κ3) is 2.18. The molecule has 0 spiro atoms. The van der Waals surface area contributed by atoms with Crippen molar-refractivity contribution in [2.45, 2.75) is 0 Å². The van der Waals surface area contributed by atoms with Crippen molar-refractivity contribution in [2.75, 3.05) is 0 Å². The molecule has 1 heterocycles. The van der Waals surface area contributed by atoms with Gasteiger partial charge in [-0.15, -0.1) is 0 Å². The molecule has 1 aromatic heterocycles. The Hall–Kier alpha value is -3.59. The van der Waals surface area contributed by atoms with Crippen LogP contribution in [-0.2, 0) is 0 Å². The molecule has 0 saturated heterocycles. The van der Waals surface area contributed by atoms with Crippen LogP contribution in [0.2, 0.25) is 0 Å². The molecule has 0 aliphatic heterocycles. The second kappa shape index (κ2) is 5.74. The molecule has 1 aliphatic carbocycles. The highest BCUT2D eigenvalue weighted by molar-refractivity contribution is 6.23. The monoisotopic (exact) mass is 334 g/mol. The first kappa shape index (κ1) is 14.7. The van der Waals surface area contributed by atoms with Gasteiger partial charge in [-0.3, -0.25) is 4.79 Å². The Balaban J connectivity index is 1.85. The maximum Gasteiger partial charge on any atom is 0.198 e. The highest BCUT2D eigenvalue weighted by Crippen LogP contribution is 2.40. The zero-order valence-corrected chi connectivity index (χ0v) is 13.9. The predicted molar refractivity (Wildman–Crippen MR) is 102 cm³/mol. The fourth-order valence-corrected chi connectivity index (χ4v) is 3.41. The summed E-state index contributed by atoms with van der Waals surface area (Å²) < 4.78 is 0. The van der Waals surface area contributed by atoms with Crippen LogP contribution in [0.5, 0.6) is 0 Å². The minimum Gasteiger partial charge on any atom is -0.288 e. The van der Waals surface area contributed by atoms with Gasteiger partial charge in [0.25, 0.3) is 0 Å². The van der Waals surface area contributed by atoms with Crippen LogP contribution in [0.15, 0.2) is 84.9 Å². The quantitative estimate of drug-likeness (QED) is 0.455. The van der Waals surface area contributed by atoms with E-state index in [0.29, 0.717) is 22.6 Å². The Morgan fingerprint density at radius 2 is 1.08 bits per heavy atom. The molecule has 0 amide bonds. The van der Waals surface area contributed by atoms with E-state index in [1.54, 1.807) is 0 Å². The van der Waals surface area contributed by atoms with E-state index in [4.69, 9.17) is 9.97 Å². The van der Waals surface area contributed by atoms with Crippen LogP contribution in [0.4, 0.5) is 0 Å². The Morgan fingerprint density at radius 3 is 1.77 bits per heavy atom. The van der Waals surface area contributed by atoms with Crippen molar-refractivity contribution in [1.82, 2.24) is 9.97 Å². The van der Waals surface area contributed by atoms with Crippen molar-refractivity contribution in [1.29, 1.82) is 0 Å². The fraction of sp³-hybridized carbons (Fsp3) is 0. The predicted octanol–water partition coefficient (Wildman–Crippen LogP) is 5.02. The van der Waals surface area contributed by atoms with Gasteiger partial charge >= 0.3 is 0 Å². The summed E-state index contributed by atoms with van der Waals surface area (Å²) in [6.07, 6.45) is 0. The van der Waals surface area contributed by atoms with E-state index in [9.17, 15) is 4.79 Å². The van der Waals surface area contributed by atoms with Gasteiger partial charge in [-0.25, -0.2) is 9.97 Å². The number of benzene rings is 3. The average Bonchev–Trinajstić information content (AvgIpc) is 3.01. The van der Waals surface area contributed by atoms with Crippen LogP contribution in [0, 0.1) is 0 Å². The highest BCUT2D eigenvalue weighted by atomic mass is 16.1. The minimum atomic E-state index is -0.00550. The second-order valence-corrected chi connectivity index (χ2v) is 6.23. The highest BCUT2D eigenvalue weighted by Gasteiger charge is 2.32. The number of hydrogen-bond acceptors (Lipinski definition) is 3. The molecule has 1 aliphatic rings. The van der Waals surface area contributed by atoms with Crippen LogP contribution in [0.1, 0.15) is 15.9 Å². The Bertz CT molecular complexity index is 1140. The molecule has 0 atom stereocenters. The van der Waals surface area contributed by atoms with Crippen molar-refractivity contribution in [3.05, 3.63) is 96.1 Å². The Kier molecular flexibility index (Phi) is 3.25. The van der Waals surface area contributed by atoms with Crippen LogP contribution in [0.25, 0.3) is 33.9 Å². The lowest BCUT2D eigenvalue weighted by Crippen LogP contribution is -2.03. The van der Waals surface area contributed by atoms with Crippen LogP contribution < -0.4 is 0 Å². The lowest BCUT2D eigenvalue weighted by Gasteiger charge is -2.10. The molecule has 0 N–H and O–H groups in total. The number of carbonyl (C=O) groups is 1. The Labute approximate surface area is 151 Å². The molecule has 122 valence electrons. The largest absolute Gasteiger partial charge is 0.288 e. The molecular weight excluding hydrogens is 320 g/mol. The van der Waals surface area contributed by atoms with Gasteiger partial charge in [0.2, 0.25) is 0 Å². The SMILES string of the molecule is O=C1c2ccccc2-c2nc(-c3ccccc3)nc(-c3ccccc3)c21. The van der Waals surface area contributed by atoms with E-state index >= 15 is 0 Å². The lowest BCUT2D eigenvalue weighted by molar-refractivity contribution is 0.104. The van der Waals surface area contributed by atoms with Crippen LogP contribution in [0.3, 0.4) is 0 Å². The van der Waals surface area contributed by atoms with Crippen molar-refractivity contribution >= 4 is 5.78 Å². The minimum absolute atomic E-state index is 0.00550. The van der Waals surface area contributed by atoms with Gasteiger partial charge in [-0.05, 0) is 0 Å². The van der Waals surface area contributed by atoms with E-state index in [1.807, 2.05) is 84.9 Å². The molecule has 0 radical (unpaired) electrons. The van der Waals surface area contributed by atoms with E-state index < -0.39 is 0 Å². The molecule has 3 aromatic carbocycles. The van der Waals surface area contributed by atoms with E-state index in [-0.39, 0.29) is 5.78 Å². The first-order valence-corrected chi connectivity index (χ1v) is 8.50. The standard InChI is InChI=1S/C23H14N2O/c26-22-18-14-8-7-13-17(18)21-19(22)20(15-9-3-1-4-10-15)24-23(25-21)16-11-5-2-6-12-16/h1-14H. The van der Waals surface area contributed by atoms with Crippen LogP contribution in [-0.4, -0.2) is 15.8 Å². The number of aromatic nitrogens is 2. The lowest BCUT2D eigenvalue weighted by atomic mass is 10.0. The molecule has 3 nitrogen and oxygen atoms in total. The number of hydrogen-bond donors (Lipinski definition) is 0. The summed E-state index contributed by atoms with van der Waals surface area (Å²) >= 11 is 0. The maximum absolute atomic E-state index is 13.0. The van der Waals surface area contributed by atoms with Gasteiger partial charge in [0.15, 0.2) is 11.6 Å². The molecule has 5 rings (SSSR count). The van der Waals surface area contributed by atoms with E-state index in [2.05, 4.69) is 0 Å². The summed E-state index contributed by atoms with van der Waals surface area (Å²) in [6, 6.07) is 27.3. The first-order valence-electron chi connectivity index (χ1n) is 8.50. The average molecular weight is 334 g/mol. The fourth-order valence-electron chi connectivity index (χ4n) is 3.41. The Morgan fingerprint density at radius 1 is 0.538 bits per heavy atom. The zero-order valence-electron chi connectivity index (χ0n) is 13.9. The smallest absolute Gasteiger partial charge is 0.198 e. The molecule has 0 bridgehead atoms. The summed E-state index contributed by atoms with van der Waals surface area (Å²) in [5, 5.41) is 0. The van der Waals surface area contributed by atoms with Gasteiger partial charge in [0.05, 0.1) is 17.0 Å². The number of ketones is 1. The molecular formula is C23H14N2O. The number of fused-ring (bicyclic) bond motifs is 3. The molecule has 0 fully saturated rings. The van der Waals surface area contributed by atoms with Gasteiger partial charge in [0, 0.05) is 22.3 Å². The first-order chi connectivity index (χ1) is 12.8. The summed E-state index contributed by atoms with van der Waals surface area (Å²) in [7, 11) is 0. The third-order valence-electron chi connectivity index (χ3n) is 4.64. The second-order valence-electron chi connectivity index (χ2n) is 6.23. The number of carbonyl (C=O) groups excluding carboxylic acids is 1. The van der Waals surface area contributed by atoms with E-state index in [0.717, 1.165) is 22.4 Å². The zero-order chi connectivity index (χ0) is 17.5. The van der Waals surface area contributed by atoms with Crippen molar-refractivity contribution in [3.8, 4) is 33.9 Å². The number of rotatable bonds is 2. The van der Waals surface area contributed by atoms with Gasteiger partial charge < -0.3 is 0 Å². The van der Waals surface area contributed by atoms with Gasteiger partial charge in [0.1, 0.15) is 0 Å². The molecule has 0 unspecified atom stereocenters. The van der Waals surface area contributed by atoms with E-state index in [1.165, 1.54) is 0 Å². The summed E-state index contributed by atoms with van der Waals surface area (Å²) in [4.78, 5) is 22.6. The van der Waals surface area contributed by atoms with Crippen molar-refractivity contribution in [3.63, 3.8) is 0 Å². The summed E-state index contributed by atoms with van der Waals surface area (Å²) in [5.74, 6) is 0.627. The third-order valence-corrected chi connectivity index (χ3v) is 4.64. The molecule has 26 heavy (non-hydrogen) atoms. The topological polar surface area (TPSA) is 42.9 Å². The summed E-state index contributed by atoms with van der Waals surface area (Å²) in [6.45, 7) is 0. The van der Waals surface area contributed by atoms with Crippen molar-refractivity contribution < 1.29 is 4.79 Å². The molecule has 0 saturated carbocycles. The summed E-state index contributed by atoms with van der Waals surface area (Å²) in [5.41, 5.74) is 5.43. The van der Waals surface area contributed by atoms with Gasteiger partial charge in [-0.1, -0.05) is 84.9 Å².